The van der Waals surface area contributed by atoms with E-state index in [0.29, 0.717) is 45.8 Å². The molecule has 8 rings (SSSR count). The molecule has 376 valence electrons. The maximum atomic E-state index is 14.7. The van der Waals surface area contributed by atoms with Gasteiger partial charge in [-0.3, -0.25) is 20.2 Å². The molecule has 2 aliphatic heterocycles. The molecule has 2 fully saturated rings. The highest BCUT2D eigenvalue weighted by Gasteiger charge is 2.54. The third-order valence-electron chi connectivity index (χ3n) is 9.91. The molecule has 3 amide bonds. The first-order chi connectivity index (χ1) is 30.9. The monoisotopic (exact) mass is 1110 g/mol. The quantitative estimate of drug-likeness (QED) is 0.0866. The van der Waals surface area contributed by atoms with Crippen molar-refractivity contribution in [1.29, 1.82) is 0 Å². The molecule has 2 heterocycles. The molecule has 2 aliphatic carbocycles. The Hall–Kier alpha value is -6.10. The highest BCUT2D eigenvalue weighted by Crippen LogP contribution is 2.53. The molecule has 0 unspecified atom stereocenters. The van der Waals surface area contributed by atoms with Crippen molar-refractivity contribution in [2.24, 2.45) is 0 Å². The van der Waals surface area contributed by atoms with Crippen molar-refractivity contribution in [1.82, 2.24) is 0 Å². The van der Waals surface area contributed by atoms with Crippen molar-refractivity contribution in [3.8, 4) is 23.0 Å². The number of anilines is 4. The third-order valence-corrected chi connectivity index (χ3v) is 11.2. The minimum atomic E-state index is -3.76. The minimum Gasteiger partial charge on any atom is -0.481 e. The fourth-order valence-corrected chi connectivity index (χ4v) is 7.38. The number of fused-ring (bicyclic) bond motifs is 2. The normalized spacial score (nSPS) is 16.5. The second-order valence-corrected chi connectivity index (χ2v) is 19.2. The number of nitrogens with two attached hydrogens (primary N) is 1. The zero-order valence-electron chi connectivity index (χ0n) is 36.2. The van der Waals surface area contributed by atoms with Gasteiger partial charge >= 0.3 is 30.7 Å². The van der Waals surface area contributed by atoms with E-state index in [4.69, 9.17) is 20.3 Å². The van der Waals surface area contributed by atoms with Crippen LogP contribution in [0.4, 0.5) is 58.7 Å². The lowest BCUT2D eigenvalue weighted by Gasteiger charge is -2.20. The van der Waals surface area contributed by atoms with Crippen LogP contribution in [-0.4, -0.2) is 53.0 Å². The second kappa shape index (κ2) is 20.1. The summed E-state index contributed by atoms with van der Waals surface area (Å²) >= 11 is 6.42. The van der Waals surface area contributed by atoms with Crippen LogP contribution in [0.15, 0.2) is 69.6 Å². The lowest BCUT2D eigenvalue weighted by molar-refractivity contribution is -0.287. The number of carbonyl (C=O) groups is 4. The molecular weight excluding hydrogens is 1060 g/mol. The molecule has 69 heavy (non-hydrogen) atoms. The molecule has 0 radical (unpaired) electrons. The summed E-state index contributed by atoms with van der Waals surface area (Å²) in [7, 11) is 0. The van der Waals surface area contributed by atoms with Crippen LogP contribution in [-0.2, 0) is 29.9 Å². The van der Waals surface area contributed by atoms with Crippen LogP contribution in [0.2, 0.25) is 0 Å². The molecule has 0 bridgehead atoms. The van der Waals surface area contributed by atoms with Gasteiger partial charge < -0.3 is 44.6 Å². The van der Waals surface area contributed by atoms with Gasteiger partial charge in [0.15, 0.2) is 23.0 Å². The lowest BCUT2D eigenvalue weighted by Crippen LogP contribution is -2.28. The molecule has 0 spiro atoms. The van der Waals surface area contributed by atoms with E-state index in [2.05, 4.69) is 66.8 Å². The fraction of sp³-hybridized carbons (Fsp3) is 0.391. The molecule has 4 aromatic carbocycles. The summed E-state index contributed by atoms with van der Waals surface area (Å²) in [4.78, 5) is 47.5. The molecule has 4 aromatic rings. The molecule has 4 aliphatic rings. The van der Waals surface area contributed by atoms with Gasteiger partial charge in [0.25, 0.3) is 0 Å². The SMILES string of the molecule is C.C.CC(C)(C)OC(=O)Nc1cc(F)c(N)cc1Br.CC(C)(C)OC(=O)Nc1cc(F)c(NC(=O)C2(c3ccc4c(c3)OC(F)(F)O4)CC2)cc1Br.O=C(O)C1(c2ccc3c(c2)OC(F)(F)O3)CC1. The van der Waals surface area contributed by atoms with Crippen molar-refractivity contribution < 1.29 is 79.0 Å². The van der Waals surface area contributed by atoms with E-state index >= 15 is 0 Å². The van der Waals surface area contributed by atoms with Gasteiger partial charge in [-0.15, -0.1) is 17.6 Å². The van der Waals surface area contributed by atoms with E-state index in [9.17, 15) is 45.5 Å². The summed E-state index contributed by atoms with van der Waals surface area (Å²) in [6, 6.07) is 13.1. The van der Waals surface area contributed by atoms with Crippen LogP contribution in [0.3, 0.4) is 0 Å². The summed E-state index contributed by atoms with van der Waals surface area (Å²) in [6.07, 6.45) is -6.90. The average Bonchev–Trinajstić information content (AvgIpc) is 4.10. The molecule has 2 saturated carbocycles. The van der Waals surface area contributed by atoms with E-state index in [0.717, 1.165) is 12.1 Å². The Labute approximate surface area is 409 Å². The summed E-state index contributed by atoms with van der Waals surface area (Å²) < 4.78 is 108. The van der Waals surface area contributed by atoms with Crippen LogP contribution >= 0.6 is 31.9 Å². The number of nitrogen functional groups attached to an aromatic ring is 1. The van der Waals surface area contributed by atoms with Crippen molar-refractivity contribution in [2.45, 2.75) is 117 Å². The Kier molecular flexibility index (Phi) is 16.2. The van der Waals surface area contributed by atoms with E-state index in [1.54, 1.807) is 41.5 Å². The number of ether oxygens (including phenoxy) is 6. The van der Waals surface area contributed by atoms with Gasteiger partial charge in [0.05, 0.1) is 33.6 Å². The summed E-state index contributed by atoms with van der Waals surface area (Å²) in [6.45, 7) is 10.3. The van der Waals surface area contributed by atoms with E-state index in [1.165, 1.54) is 48.5 Å². The molecule has 6 N–H and O–H groups in total. The number of benzene rings is 4. The number of aliphatic carboxylic acids is 1. The number of hydrogen-bond donors (Lipinski definition) is 5. The van der Waals surface area contributed by atoms with Gasteiger partial charge in [-0.2, -0.15) is 0 Å². The Bertz CT molecular complexity index is 2640. The smallest absolute Gasteiger partial charge is 0.481 e. The number of hydrogen-bond acceptors (Lipinski definition) is 11. The Morgan fingerprint density at radius 1 is 0.594 bits per heavy atom. The predicted octanol–water partition coefficient (Wildman–Crippen LogP) is 12.8. The molecule has 0 atom stereocenters. The number of carbonyl (C=O) groups excluding carboxylic acids is 3. The Morgan fingerprint density at radius 2 is 0.986 bits per heavy atom. The van der Waals surface area contributed by atoms with Crippen LogP contribution < -0.4 is 40.6 Å². The summed E-state index contributed by atoms with van der Waals surface area (Å²) in [5, 5.41) is 16.5. The summed E-state index contributed by atoms with van der Waals surface area (Å²) in [5.74, 6) is -3.28. The summed E-state index contributed by atoms with van der Waals surface area (Å²) in [5.41, 5.74) is 3.33. The molecule has 0 saturated heterocycles. The highest BCUT2D eigenvalue weighted by atomic mass is 79.9. The molecule has 15 nitrogen and oxygen atoms in total. The van der Waals surface area contributed by atoms with Crippen molar-refractivity contribution in [3.05, 3.63) is 92.4 Å². The second-order valence-electron chi connectivity index (χ2n) is 17.5. The van der Waals surface area contributed by atoms with Gasteiger partial charge in [-0.25, -0.2) is 18.4 Å². The third kappa shape index (κ3) is 13.6. The van der Waals surface area contributed by atoms with E-state index in [1.807, 2.05) is 0 Å². The topological polar surface area (TPSA) is 206 Å². The minimum absolute atomic E-state index is 0. The Balaban J connectivity index is 0.000000244. The van der Waals surface area contributed by atoms with Crippen molar-refractivity contribution in [3.63, 3.8) is 0 Å². The number of halogens is 8. The molecule has 0 aromatic heterocycles. The highest BCUT2D eigenvalue weighted by molar-refractivity contribution is 9.11. The maximum absolute atomic E-state index is 14.7. The lowest BCUT2D eigenvalue weighted by atomic mass is 9.94. The van der Waals surface area contributed by atoms with Crippen molar-refractivity contribution in [2.75, 3.05) is 21.7 Å². The number of rotatable bonds is 7. The fourth-order valence-electron chi connectivity index (χ4n) is 6.48. The Morgan fingerprint density at radius 3 is 1.39 bits per heavy atom. The van der Waals surface area contributed by atoms with Crippen LogP contribution in [0, 0.1) is 11.6 Å². The average molecular weight is 1110 g/mol. The molecule has 23 heteroatoms. The van der Waals surface area contributed by atoms with E-state index in [-0.39, 0.29) is 60.6 Å². The zero-order chi connectivity index (χ0) is 49.7. The number of carboxylic acid groups (broad SMARTS) is 1. The van der Waals surface area contributed by atoms with Gasteiger partial charge in [-0.05, 0) is 147 Å². The zero-order valence-corrected chi connectivity index (χ0v) is 39.4. The number of carboxylic acids is 1. The first-order valence-electron chi connectivity index (χ1n) is 20.0. The van der Waals surface area contributed by atoms with Gasteiger partial charge in [0, 0.05) is 21.1 Å². The van der Waals surface area contributed by atoms with Crippen LogP contribution in [0.5, 0.6) is 23.0 Å². The molecular formula is C46H50Br2F6N4O11. The largest absolute Gasteiger partial charge is 0.586 e. The van der Waals surface area contributed by atoms with Gasteiger partial charge in [0.1, 0.15) is 22.8 Å². The van der Waals surface area contributed by atoms with E-state index < -0.39 is 70.3 Å². The number of alkyl halides is 4. The van der Waals surface area contributed by atoms with Gasteiger partial charge in [-0.1, -0.05) is 27.0 Å². The standard InChI is InChI=1S/C22H20BrF3N2O5.C11H14BrFN2O2.C11H8F2O4.2CH4/c1-20(2,3)33-19(30)28-14-10-13(24)15(9-12(14)23)27-18(29)21(6-7-21)11-4-5-16-17(8-11)32-22(25,26)31-16;1-11(2,3)17-10(16)15-9-5-7(13)8(14)4-6(9)12;12-11(13)16-7-2-1-6(5-8(7)17-11)10(3-4-10)9(14)15;;/h4-5,8-10H,6-7H2,1-3H3,(H,27,29)(H,28,30);4-5H,14H2,1-3H3,(H,15,16);1-2,5H,3-4H2,(H,14,15);2*1H4. The van der Waals surface area contributed by atoms with Crippen molar-refractivity contribution >= 4 is 78.7 Å². The van der Waals surface area contributed by atoms with Gasteiger partial charge in [0.2, 0.25) is 5.91 Å². The van der Waals surface area contributed by atoms with Crippen LogP contribution in [0.1, 0.15) is 93.2 Å². The first kappa shape index (κ1) is 55.5. The maximum Gasteiger partial charge on any atom is 0.586 e. The van der Waals surface area contributed by atoms with Crippen LogP contribution in [0.25, 0.3) is 0 Å². The number of nitrogens with one attached hydrogen (secondary N) is 3. The predicted molar refractivity (Wildman–Crippen MR) is 249 cm³/mol. The first-order valence-corrected chi connectivity index (χ1v) is 21.6. The number of amides is 3.